The summed E-state index contributed by atoms with van der Waals surface area (Å²) in [6.45, 7) is 5.71. The van der Waals surface area contributed by atoms with Crippen LogP contribution in [0.15, 0.2) is 35.1 Å². The van der Waals surface area contributed by atoms with E-state index in [1.165, 1.54) is 12.1 Å². The Kier molecular flexibility index (Phi) is 4.71. The summed E-state index contributed by atoms with van der Waals surface area (Å²) in [4.78, 5) is 0. The highest BCUT2D eigenvalue weighted by Crippen LogP contribution is 2.23. The van der Waals surface area contributed by atoms with Crippen LogP contribution in [0.2, 0.25) is 0 Å². The number of nitrogens with zero attached hydrogens (tertiary/aromatic N) is 2. The summed E-state index contributed by atoms with van der Waals surface area (Å²) in [6.07, 6.45) is 3.86. The molecule has 1 atom stereocenters. The Labute approximate surface area is 121 Å². The summed E-state index contributed by atoms with van der Waals surface area (Å²) in [5.41, 5.74) is 2.22. The van der Waals surface area contributed by atoms with Gasteiger partial charge in [0.2, 0.25) is 0 Å². The van der Waals surface area contributed by atoms with E-state index in [2.05, 4.69) is 33.3 Å². The van der Waals surface area contributed by atoms with Crippen molar-refractivity contribution in [3.05, 3.63) is 52.0 Å². The van der Waals surface area contributed by atoms with E-state index in [0.29, 0.717) is 0 Å². The standard InChI is InChI=1S/C14H17BrFN3/c1-10-8-18-19(9-10)6-5-17-11(2)13-4-3-12(16)7-14(13)15/h3-4,7-9,11,17H,5-6H2,1-2H3. The van der Waals surface area contributed by atoms with Gasteiger partial charge in [-0.25, -0.2) is 4.39 Å². The molecule has 0 aliphatic carbocycles. The van der Waals surface area contributed by atoms with Crippen LogP contribution >= 0.6 is 15.9 Å². The number of hydrogen-bond acceptors (Lipinski definition) is 2. The van der Waals surface area contributed by atoms with Gasteiger partial charge in [0.25, 0.3) is 0 Å². The maximum atomic E-state index is 13.0. The lowest BCUT2D eigenvalue weighted by molar-refractivity contribution is 0.505. The SMILES string of the molecule is Cc1cnn(CCNC(C)c2ccc(F)cc2Br)c1. The first-order valence-corrected chi connectivity index (χ1v) is 7.03. The molecule has 0 saturated heterocycles. The molecule has 1 unspecified atom stereocenters. The van der Waals surface area contributed by atoms with Crippen LogP contribution in [-0.2, 0) is 6.54 Å². The average Bonchev–Trinajstić information content (AvgIpc) is 2.75. The number of halogens is 2. The molecular formula is C14H17BrFN3. The van der Waals surface area contributed by atoms with Crippen molar-refractivity contribution in [2.75, 3.05) is 6.54 Å². The summed E-state index contributed by atoms with van der Waals surface area (Å²) >= 11 is 3.39. The number of aromatic nitrogens is 2. The number of rotatable bonds is 5. The van der Waals surface area contributed by atoms with E-state index < -0.39 is 0 Å². The van der Waals surface area contributed by atoms with Gasteiger partial charge in [0.15, 0.2) is 0 Å². The molecule has 19 heavy (non-hydrogen) atoms. The second kappa shape index (κ2) is 6.30. The number of hydrogen-bond donors (Lipinski definition) is 1. The second-order valence-corrected chi connectivity index (χ2v) is 5.48. The lowest BCUT2D eigenvalue weighted by Gasteiger charge is -2.16. The van der Waals surface area contributed by atoms with Gasteiger partial charge in [-0.2, -0.15) is 5.10 Å². The first-order chi connectivity index (χ1) is 9.06. The predicted octanol–water partition coefficient (Wildman–Crippen LogP) is 3.44. The lowest BCUT2D eigenvalue weighted by atomic mass is 10.1. The van der Waals surface area contributed by atoms with Crippen LogP contribution in [0.25, 0.3) is 0 Å². The number of aryl methyl sites for hydroxylation is 1. The molecule has 1 aromatic heterocycles. The van der Waals surface area contributed by atoms with Gasteiger partial charge in [0, 0.05) is 23.3 Å². The van der Waals surface area contributed by atoms with Gasteiger partial charge < -0.3 is 5.32 Å². The third kappa shape index (κ3) is 3.88. The smallest absolute Gasteiger partial charge is 0.124 e. The lowest BCUT2D eigenvalue weighted by Crippen LogP contribution is -2.23. The topological polar surface area (TPSA) is 29.9 Å². The van der Waals surface area contributed by atoms with Crippen LogP contribution in [0.4, 0.5) is 4.39 Å². The van der Waals surface area contributed by atoms with Crippen LogP contribution in [-0.4, -0.2) is 16.3 Å². The fourth-order valence-electron chi connectivity index (χ4n) is 1.95. The molecule has 2 rings (SSSR count). The summed E-state index contributed by atoms with van der Waals surface area (Å²) in [5, 5.41) is 7.64. The van der Waals surface area contributed by atoms with Crippen LogP contribution in [0.5, 0.6) is 0 Å². The molecule has 0 amide bonds. The first-order valence-electron chi connectivity index (χ1n) is 6.23. The van der Waals surface area contributed by atoms with Gasteiger partial charge in [-0.3, -0.25) is 4.68 Å². The molecule has 0 saturated carbocycles. The molecule has 0 spiro atoms. The number of nitrogens with one attached hydrogen (secondary N) is 1. The van der Waals surface area contributed by atoms with Crippen molar-refractivity contribution in [1.82, 2.24) is 15.1 Å². The van der Waals surface area contributed by atoms with Gasteiger partial charge in [0.05, 0.1) is 12.7 Å². The maximum absolute atomic E-state index is 13.0. The Bertz CT molecular complexity index is 553. The third-order valence-corrected chi connectivity index (χ3v) is 3.67. The largest absolute Gasteiger partial charge is 0.308 e. The van der Waals surface area contributed by atoms with Gasteiger partial charge in [0.1, 0.15) is 5.82 Å². The predicted molar refractivity (Wildman–Crippen MR) is 77.5 cm³/mol. The van der Waals surface area contributed by atoms with Gasteiger partial charge >= 0.3 is 0 Å². The zero-order valence-corrected chi connectivity index (χ0v) is 12.6. The summed E-state index contributed by atoms with van der Waals surface area (Å²) in [7, 11) is 0. The molecule has 1 N–H and O–H groups in total. The summed E-state index contributed by atoms with van der Waals surface area (Å²) < 4.78 is 15.7. The van der Waals surface area contributed by atoms with Crippen LogP contribution in [0.3, 0.4) is 0 Å². The minimum absolute atomic E-state index is 0.159. The zero-order chi connectivity index (χ0) is 13.8. The third-order valence-electron chi connectivity index (χ3n) is 2.98. The van der Waals surface area contributed by atoms with Gasteiger partial charge in [-0.05, 0) is 37.1 Å². The molecule has 102 valence electrons. The molecule has 0 aliphatic rings. The van der Waals surface area contributed by atoms with Crippen LogP contribution < -0.4 is 5.32 Å². The van der Waals surface area contributed by atoms with Crippen molar-refractivity contribution < 1.29 is 4.39 Å². The molecule has 0 bridgehead atoms. The van der Waals surface area contributed by atoms with Gasteiger partial charge in [-0.1, -0.05) is 22.0 Å². The molecule has 0 radical (unpaired) electrons. The summed E-state index contributed by atoms with van der Waals surface area (Å²) in [5.74, 6) is -0.227. The molecule has 1 heterocycles. The van der Waals surface area contributed by atoms with E-state index in [4.69, 9.17) is 0 Å². The molecule has 5 heteroatoms. The molecule has 2 aromatic rings. The van der Waals surface area contributed by atoms with E-state index in [0.717, 1.165) is 28.7 Å². The van der Waals surface area contributed by atoms with E-state index >= 15 is 0 Å². The zero-order valence-electron chi connectivity index (χ0n) is 11.0. The fraction of sp³-hybridized carbons (Fsp3) is 0.357. The highest BCUT2D eigenvalue weighted by molar-refractivity contribution is 9.10. The Hall–Kier alpha value is -1.20. The second-order valence-electron chi connectivity index (χ2n) is 4.62. The molecular weight excluding hydrogens is 309 g/mol. The van der Waals surface area contributed by atoms with Crippen LogP contribution in [0.1, 0.15) is 24.1 Å². The molecule has 0 fully saturated rings. The maximum Gasteiger partial charge on any atom is 0.124 e. The van der Waals surface area contributed by atoms with Crippen molar-refractivity contribution in [1.29, 1.82) is 0 Å². The average molecular weight is 326 g/mol. The molecule has 1 aromatic carbocycles. The van der Waals surface area contributed by atoms with Crippen molar-refractivity contribution in [3.8, 4) is 0 Å². The van der Waals surface area contributed by atoms with Crippen molar-refractivity contribution in [3.63, 3.8) is 0 Å². The fourth-order valence-corrected chi connectivity index (χ4v) is 2.64. The number of benzene rings is 1. The Morgan fingerprint density at radius 2 is 2.26 bits per heavy atom. The quantitative estimate of drug-likeness (QED) is 0.912. The summed E-state index contributed by atoms with van der Waals surface area (Å²) in [6, 6.07) is 4.93. The Morgan fingerprint density at radius 3 is 2.89 bits per heavy atom. The highest BCUT2D eigenvalue weighted by Gasteiger charge is 2.09. The molecule has 0 aliphatic heterocycles. The van der Waals surface area contributed by atoms with E-state index in [1.807, 2.05) is 24.0 Å². The van der Waals surface area contributed by atoms with E-state index in [9.17, 15) is 4.39 Å². The first kappa shape index (κ1) is 14.2. The Balaban J connectivity index is 1.88. The van der Waals surface area contributed by atoms with Crippen molar-refractivity contribution in [2.45, 2.75) is 26.4 Å². The normalized spacial score (nSPS) is 12.6. The van der Waals surface area contributed by atoms with Crippen molar-refractivity contribution in [2.24, 2.45) is 0 Å². The minimum atomic E-state index is -0.227. The Morgan fingerprint density at radius 1 is 1.47 bits per heavy atom. The minimum Gasteiger partial charge on any atom is -0.308 e. The van der Waals surface area contributed by atoms with Crippen LogP contribution in [0, 0.1) is 12.7 Å². The van der Waals surface area contributed by atoms with Gasteiger partial charge in [-0.15, -0.1) is 0 Å². The van der Waals surface area contributed by atoms with Crippen molar-refractivity contribution >= 4 is 15.9 Å². The molecule has 3 nitrogen and oxygen atoms in total. The van der Waals surface area contributed by atoms with E-state index in [1.54, 1.807) is 6.07 Å². The highest BCUT2D eigenvalue weighted by atomic mass is 79.9. The van der Waals surface area contributed by atoms with E-state index in [-0.39, 0.29) is 11.9 Å². The monoisotopic (exact) mass is 325 g/mol.